The molecule has 1 saturated heterocycles. The van der Waals surface area contributed by atoms with Crippen molar-refractivity contribution in [2.75, 3.05) is 13.1 Å². The van der Waals surface area contributed by atoms with E-state index < -0.39 is 0 Å². The van der Waals surface area contributed by atoms with Crippen LogP contribution >= 0.6 is 0 Å². The molecule has 1 aliphatic rings. The average molecular weight is 202 g/mol. The molecule has 0 spiro atoms. The van der Waals surface area contributed by atoms with Crippen molar-refractivity contribution >= 4 is 0 Å². The topological polar surface area (TPSA) is 34.1 Å². The second-order valence-electron chi connectivity index (χ2n) is 3.57. The van der Waals surface area contributed by atoms with Crippen molar-refractivity contribution in [3.05, 3.63) is 23.9 Å². The third kappa shape index (κ3) is 2.71. The number of nitrogens with zero attached hydrogens (tertiary/aromatic N) is 1. The van der Waals surface area contributed by atoms with E-state index in [2.05, 4.69) is 16.2 Å². The Kier molecular flexibility index (Phi) is 3.21. The lowest BCUT2D eigenvalue weighted by Crippen LogP contribution is -2.34. The number of rotatable bonds is 2. The normalized spacial score (nSPS) is 17.0. The molecule has 78 valence electrons. The largest absolute Gasteiger partial charge is 0.474 e. The van der Waals surface area contributed by atoms with Crippen molar-refractivity contribution in [2.45, 2.75) is 18.9 Å². The molecule has 0 atom stereocenters. The van der Waals surface area contributed by atoms with Crippen LogP contribution in [0.25, 0.3) is 0 Å². The summed E-state index contributed by atoms with van der Waals surface area (Å²) in [5.41, 5.74) is 0.626. The number of piperidine rings is 1. The van der Waals surface area contributed by atoms with Gasteiger partial charge in [-0.1, -0.05) is 12.0 Å². The Morgan fingerprint density at radius 1 is 1.40 bits per heavy atom. The minimum Gasteiger partial charge on any atom is -0.474 e. The average Bonchev–Trinajstić information content (AvgIpc) is 2.31. The maximum absolute atomic E-state index is 5.75. The van der Waals surface area contributed by atoms with Gasteiger partial charge >= 0.3 is 0 Å². The van der Waals surface area contributed by atoms with Crippen LogP contribution in [-0.4, -0.2) is 24.2 Å². The van der Waals surface area contributed by atoms with E-state index in [0.717, 1.165) is 25.9 Å². The summed E-state index contributed by atoms with van der Waals surface area (Å²) in [5.74, 6) is 3.14. The molecule has 0 unspecified atom stereocenters. The summed E-state index contributed by atoms with van der Waals surface area (Å²) in [6, 6.07) is 5.52. The van der Waals surface area contributed by atoms with Gasteiger partial charge in [0.05, 0.1) is 0 Å². The maximum atomic E-state index is 5.75. The molecule has 0 saturated carbocycles. The smallest absolute Gasteiger partial charge is 0.214 e. The van der Waals surface area contributed by atoms with Crippen LogP contribution in [0.4, 0.5) is 0 Å². The fourth-order valence-corrected chi connectivity index (χ4v) is 1.64. The van der Waals surface area contributed by atoms with Crippen molar-refractivity contribution in [1.82, 2.24) is 10.3 Å². The predicted molar refractivity (Wildman–Crippen MR) is 58.7 cm³/mol. The standard InChI is InChI=1S/C12H14N2O/c1-2-10-4-3-5-12(14-10)15-11-6-8-13-9-7-11/h1,3-5,11,13H,6-9H2. The Balaban J connectivity index is 2.00. The lowest BCUT2D eigenvalue weighted by molar-refractivity contribution is 0.156. The molecule has 1 aromatic heterocycles. The van der Waals surface area contributed by atoms with Crippen molar-refractivity contribution < 1.29 is 4.74 Å². The van der Waals surface area contributed by atoms with Crippen LogP contribution in [0.1, 0.15) is 18.5 Å². The molecular formula is C12H14N2O. The number of hydrogen-bond acceptors (Lipinski definition) is 3. The van der Waals surface area contributed by atoms with E-state index in [1.807, 2.05) is 12.1 Å². The van der Waals surface area contributed by atoms with Gasteiger partial charge in [0.2, 0.25) is 5.88 Å². The van der Waals surface area contributed by atoms with E-state index in [0.29, 0.717) is 11.6 Å². The van der Waals surface area contributed by atoms with Gasteiger partial charge in [-0.25, -0.2) is 4.98 Å². The van der Waals surface area contributed by atoms with E-state index in [4.69, 9.17) is 11.2 Å². The first-order valence-corrected chi connectivity index (χ1v) is 5.19. The number of pyridine rings is 1. The third-order valence-electron chi connectivity index (χ3n) is 2.45. The molecule has 0 aromatic carbocycles. The van der Waals surface area contributed by atoms with Crippen LogP contribution in [0.3, 0.4) is 0 Å². The number of ether oxygens (including phenoxy) is 1. The molecule has 0 aliphatic carbocycles. The molecule has 1 N–H and O–H groups in total. The summed E-state index contributed by atoms with van der Waals surface area (Å²) >= 11 is 0. The number of hydrogen-bond donors (Lipinski definition) is 1. The van der Waals surface area contributed by atoms with E-state index >= 15 is 0 Å². The zero-order valence-electron chi connectivity index (χ0n) is 8.57. The Morgan fingerprint density at radius 3 is 2.93 bits per heavy atom. The minimum absolute atomic E-state index is 0.270. The predicted octanol–water partition coefficient (Wildman–Crippen LogP) is 1.19. The van der Waals surface area contributed by atoms with Gasteiger partial charge in [-0.05, 0) is 32.0 Å². The lowest BCUT2D eigenvalue weighted by atomic mass is 10.1. The highest BCUT2D eigenvalue weighted by molar-refractivity contribution is 5.27. The highest BCUT2D eigenvalue weighted by Crippen LogP contribution is 2.14. The summed E-state index contributed by atoms with van der Waals surface area (Å²) in [6.07, 6.45) is 7.60. The minimum atomic E-state index is 0.270. The fourth-order valence-electron chi connectivity index (χ4n) is 1.64. The van der Waals surface area contributed by atoms with Crippen LogP contribution < -0.4 is 10.1 Å². The molecule has 3 heteroatoms. The molecule has 0 bridgehead atoms. The van der Waals surface area contributed by atoms with Crippen LogP contribution in [-0.2, 0) is 0 Å². The van der Waals surface area contributed by atoms with Crippen LogP contribution in [0.2, 0.25) is 0 Å². The first-order valence-electron chi connectivity index (χ1n) is 5.19. The molecule has 0 amide bonds. The van der Waals surface area contributed by atoms with Gasteiger partial charge in [-0.3, -0.25) is 0 Å². The third-order valence-corrected chi connectivity index (χ3v) is 2.45. The van der Waals surface area contributed by atoms with Gasteiger partial charge < -0.3 is 10.1 Å². The summed E-state index contributed by atoms with van der Waals surface area (Å²) in [6.45, 7) is 2.03. The van der Waals surface area contributed by atoms with Gasteiger partial charge in [-0.2, -0.15) is 0 Å². The van der Waals surface area contributed by atoms with Crippen LogP contribution in [0.5, 0.6) is 5.88 Å². The number of aromatic nitrogens is 1. The Bertz CT molecular complexity index is 364. The quantitative estimate of drug-likeness (QED) is 0.732. The molecule has 15 heavy (non-hydrogen) atoms. The lowest BCUT2D eigenvalue weighted by Gasteiger charge is -2.23. The van der Waals surface area contributed by atoms with Gasteiger partial charge in [0.25, 0.3) is 0 Å². The zero-order chi connectivity index (χ0) is 10.5. The SMILES string of the molecule is C#Cc1cccc(OC2CCNCC2)n1. The summed E-state index contributed by atoms with van der Waals surface area (Å²) in [4.78, 5) is 4.21. The Labute approximate surface area is 89.9 Å². The number of terminal acetylenes is 1. The van der Waals surface area contributed by atoms with Gasteiger partial charge in [0.15, 0.2) is 0 Å². The molecule has 2 rings (SSSR count). The van der Waals surface area contributed by atoms with Crippen molar-refractivity contribution in [2.24, 2.45) is 0 Å². The zero-order valence-corrected chi connectivity index (χ0v) is 8.57. The highest BCUT2D eigenvalue weighted by atomic mass is 16.5. The second kappa shape index (κ2) is 4.81. The molecule has 1 aromatic rings. The first-order chi connectivity index (χ1) is 7.38. The number of nitrogens with one attached hydrogen (secondary N) is 1. The van der Waals surface area contributed by atoms with E-state index in [1.54, 1.807) is 6.07 Å². The van der Waals surface area contributed by atoms with Gasteiger partial charge in [-0.15, -0.1) is 6.42 Å². The van der Waals surface area contributed by atoms with Gasteiger partial charge in [0.1, 0.15) is 11.8 Å². The monoisotopic (exact) mass is 202 g/mol. The fraction of sp³-hybridized carbons (Fsp3) is 0.417. The highest BCUT2D eigenvalue weighted by Gasteiger charge is 2.14. The van der Waals surface area contributed by atoms with Crippen molar-refractivity contribution in [3.8, 4) is 18.2 Å². The molecule has 1 aliphatic heterocycles. The molecule has 1 fully saturated rings. The summed E-state index contributed by atoms with van der Waals surface area (Å²) in [7, 11) is 0. The molecular weight excluding hydrogens is 188 g/mol. The first kappa shape index (κ1) is 10.0. The summed E-state index contributed by atoms with van der Waals surface area (Å²) in [5, 5.41) is 3.29. The maximum Gasteiger partial charge on any atom is 0.214 e. The van der Waals surface area contributed by atoms with E-state index in [-0.39, 0.29) is 6.10 Å². The van der Waals surface area contributed by atoms with E-state index in [9.17, 15) is 0 Å². The van der Waals surface area contributed by atoms with Crippen molar-refractivity contribution in [1.29, 1.82) is 0 Å². The second-order valence-corrected chi connectivity index (χ2v) is 3.57. The van der Waals surface area contributed by atoms with Crippen LogP contribution in [0.15, 0.2) is 18.2 Å². The Morgan fingerprint density at radius 2 is 2.20 bits per heavy atom. The molecule has 3 nitrogen and oxygen atoms in total. The molecule has 2 heterocycles. The molecule has 0 radical (unpaired) electrons. The van der Waals surface area contributed by atoms with Crippen LogP contribution in [0, 0.1) is 12.3 Å². The summed E-state index contributed by atoms with van der Waals surface area (Å²) < 4.78 is 5.75. The van der Waals surface area contributed by atoms with Crippen molar-refractivity contribution in [3.63, 3.8) is 0 Å². The van der Waals surface area contributed by atoms with Gasteiger partial charge in [0, 0.05) is 6.07 Å². The Hall–Kier alpha value is -1.53. The van der Waals surface area contributed by atoms with E-state index in [1.165, 1.54) is 0 Å².